The molecule has 0 unspecified atom stereocenters. The van der Waals surface area contributed by atoms with Gasteiger partial charge in [-0.25, -0.2) is 4.79 Å². The van der Waals surface area contributed by atoms with E-state index < -0.39 is 11.2 Å². The molecular weight excluding hydrogens is 344 g/mol. The van der Waals surface area contributed by atoms with Crippen LogP contribution in [0.2, 0.25) is 0 Å². The molecule has 0 bridgehead atoms. The zero-order valence-corrected chi connectivity index (χ0v) is 16.0. The first kappa shape index (κ1) is 19.4. The Kier molecular flexibility index (Phi) is 6.11. The number of likely N-dealkylation sites (tertiary alicyclic amines) is 1. The van der Waals surface area contributed by atoms with E-state index in [1.807, 2.05) is 0 Å². The summed E-state index contributed by atoms with van der Waals surface area (Å²) in [5, 5.41) is 3.42. The molecule has 0 aliphatic carbocycles. The van der Waals surface area contributed by atoms with Crippen LogP contribution in [-0.2, 0) is 11.3 Å². The molecule has 7 heteroatoms. The summed E-state index contributed by atoms with van der Waals surface area (Å²) in [6.07, 6.45) is 2.61. The van der Waals surface area contributed by atoms with Crippen LogP contribution in [0.25, 0.3) is 10.9 Å². The topological polar surface area (TPSA) is 87.2 Å². The lowest BCUT2D eigenvalue weighted by molar-refractivity contribution is -0.121. The molecule has 1 saturated heterocycles. The van der Waals surface area contributed by atoms with Crippen LogP contribution in [0.4, 0.5) is 0 Å². The van der Waals surface area contributed by atoms with Crippen molar-refractivity contribution in [1.82, 2.24) is 19.8 Å². The number of hydrogen-bond acceptors (Lipinski definition) is 4. The molecule has 3 rings (SSSR count). The molecule has 1 fully saturated rings. The van der Waals surface area contributed by atoms with Gasteiger partial charge in [-0.15, -0.1) is 0 Å². The number of hydrogen-bond donors (Lipinski definition) is 2. The van der Waals surface area contributed by atoms with Crippen molar-refractivity contribution in [3.63, 3.8) is 0 Å². The van der Waals surface area contributed by atoms with Crippen LogP contribution in [0.15, 0.2) is 33.9 Å². The van der Waals surface area contributed by atoms with Gasteiger partial charge in [0.25, 0.3) is 5.56 Å². The number of aromatic nitrogens is 2. The molecule has 2 heterocycles. The molecule has 27 heavy (non-hydrogen) atoms. The van der Waals surface area contributed by atoms with E-state index in [4.69, 9.17) is 0 Å². The van der Waals surface area contributed by atoms with Gasteiger partial charge in [0.05, 0.1) is 10.9 Å². The lowest BCUT2D eigenvalue weighted by Gasteiger charge is -2.35. The SMILES string of the molecule is CC1CCN([C@@H](C)CNC(=O)CCn2c(=O)[nH]c(=O)c3ccccc32)CC1. The van der Waals surface area contributed by atoms with Crippen molar-refractivity contribution in [2.24, 2.45) is 5.92 Å². The normalized spacial score (nSPS) is 17.1. The molecule has 2 aromatic rings. The molecular formula is C20H28N4O3. The summed E-state index contributed by atoms with van der Waals surface area (Å²) in [6.45, 7) is 7.42. The average molecular weight is 372 g/mol. The number of carbonyl (C=O) groups excluding carboxylic acids is 1. The van der Waals surface area contributed by atoms with Crippen molar-refractivity contribution in [3.05, 3.63) is 45.1 Å². The smallest absolute Gasteiger partial charge is 0.328 e. The first-order valence-corrected chi connectivity index (χ1v) is 9.68. The average Bonchev–Trinajstić information content (AvgIpc) is 2.66. The van der Waals surface area contributed by atoms with E-state index in [1.165, 1.54) is 17.4 Å². The number of para-hydroxylation sites is 1. The van der Waals surface area contributed by atoms with Gasteiger partial charge in [-0.2, -0.15) is 0 Å². The zero-order chi connectivity index (χ0) is 19.4. The third kappa shape index (κ3) is 4.66. The van der Waals surface area contributed by atoms with Crippen molar-refractivity contribution in [2.45, 2.75) is 45.7 Å². The van der Waals surface area contributed by atoms with Crippen molar-refractivity contribution in [3.8, 4) is 0 Å². The maximum absolute atomic E-state index is 12.3. The molecule has 146 valence electrons. The Morgan fingerprint density at radius 3 is 2.70 bits per heavy atom. The highest BCUT2D eigenvalue weighted by Gasteiger charge is 2.20. The Morgan fingerprint density at radius 1 is 1.26 bits per heavy atom. The summed E-state index contributed by atoms with van der Waals surface area (Å²) in [4.78, 5) is 41.0. The lowest BCUT2D eigenvalue weighted by Crippen LogP contribution is -2.45. The quantitative estimate of drug-likeness (QED) is 0.801. The first-order valence-electron chi connectivity index (χ1n) is 9.68. The number of aromatic amines is 1. The summed E-state index contributed by atoms with van der Waals surface area (Å²) >= 11 is 0. The molecule has 1 aliphatic heterocycles. The number of piperidine rings is 1. The second kappa shape index (κ2) is 8.52. The Hall–Kier alpha value is -2.41. The van der Waals surface area contributed by atoms with Gasteiger partial charge in [0.1, 0.15) is 0 Å². The van der Waals surface area contributed by atoms with Gasteiger partial charge < -0.3 is 5.32 Å². The monoisotopic (exact) mass is 372 g/mol. The van der Waals surface area contributed by atoms with Crippen LogP contribution in [0, 0.1) is 5.92 Å². The van der Waals surface area contributed by atoms with Crippen molar-refractivity contribution in [2.75, 3.05) is 19.6 Å². The fraction of sp³-hybridized carbons (Fsp3) is 0.550. The number of carbonyl (C=O) groups is 1. The van der Waals surface area contributed by atoms with Gasteiger partial charge in [-0.05, 0) is 50.9 Å². The molecule has 1 amide bonds. The van der Waals surface area contributed by atoms with E-state index in [-0.39, 0.29) is 18.9 Å². The van der Waals surface area contributed by atoms with Gasteiger partial charge in [-0.3, -0.25) is 24.0 Å². The highest BCUT2D eigenvalue weighted by Crippen LogP contribution is 2.17. The molecule has 2 N–H and O–H groups in total. The first-order chi connectivity index (χ1) is 13.0. The van der Waals surface area contributed by atoms with Gasteiger partial charge in [0.15, 0.2) is 0 Å². The minimum absolute atomic E-state index is 0.0885. The molecule has 1 aliphatic rings. The molecule has 1 aromatic heterocycles. The van der Waals surface area contributed by atoms with Gasteiger partial charge in [0.2, 0.25) is 5.91 Å². The number of amides is 1. The Labute approximate surface area is 158 Å². The molecule has 0 saturated carbocycles. The number of nitrogens with zero attached hydrogens (tertiary/aromatic N) is 2. The van der Waals surface area contributed by atoms with Gasteiger partial charge >= 0.3 is 5.69 Å². The van der Waals surface area contributed by atoms with E-state index in [2.05, 4.69) is 29.0 Å². The lowest BCUT2D eigenvalue weighted by atomic mass is 9.98. The van der Waals surface area contributed by atoms with E-state index in [0.717, 1.165) is 19.0 Å². The maximum atomic E-state index is 12.3. The summed E-state index contributed by atoms with van der Waals surface area (Å²) in [6, 6.07) is 7.23. The largest absolute Gasteiger partial charge is 0.354 e. The maximum Gasteiger partial charge on any atom is 0.328 e. The summed E-state index contributed by atoms with van der Waals surface area (Å²) in [5.74, 6) is 0.697. The highest BCUT2D eigenvalue weighted by atomic mass is 16.2. The van der Waals surface area contributed by atoms with E-state index in [0.29, 0.717) is 23.5 Å². The van der Waals surface area contributed by atoms with Crippen molar-refractivity contribution >= 4 is 16.8 Å². The third-order valence-corrected chi connectivity index (χ3v) is 5.50. The molecule has 0 spiro atoms. The Morgan fingerprint density at radius 2 is 1.96 bits per heavy atom. The number of rotatable bonds is 6. The fourth-order valence-electron chi connectivity index (χ4n) is 3.63. The number of aryl methyl sites for hydroxylation is 1. The molecule has 1 aromatic carbocycles. The number of benzene rings is 1. The van der Waals surface area contributed by atoms with Crippen LogP contribution >= 0.6 is 0 Å². The molecule has 1 atom stereocenters. The number of fused-ring (bicyclic) bond motifs is 1. The second-order valence-corrected chi connectivity index (χ2v) is 7.55. The summed E-state index contributed by atoms with van der Waals surface area (Å²) in [5.41, 5.74) is -0.335. The van der Waals surface area contributed by atoms with E-state index in [9.17, 15) is 14.4 Å². The predicted octanol–water partition coefficient (Wildman–Crippen LogP) is 1.32. The summed E-state index contributed by atoms with van der Waals surface area (Å²) < 4.78 is 1.45. The van der Waals surface area contributed by atoms with E-state index in [1.54, 1.807) is 24.3 Å². The van der Waals surface area contributed by atoms with Crippen LogP contribution < -0.4 is 16.6 Å². The zero-order valence-electron chi connectivity index (χ0n) is 16.0. The van der Waals surface area contributed by atoms with Gasteiger partial charge in [0, 0.05) is 25.6 Å². The van der Waals surface area contributed by atoms with Crippen LogP contribution in [0.3, 0.4) is 0 Å². The van der Waals surface area contributed by atoms with E-state index >= 15 is 0 Å². The van der Waals surface area contributed by atoms with Gasteiger partial charge in [-0.1, -0.05) is 19.1 Å². The Balaban J connectivity index is 1.56. The van der Waals surface area contributed by atoms with Crippen LogP contribution in [0.5, 0.6) is 0 Å². The van der Waals surface area contributed by atoms with Crippen LogP contribution in [-0.4, -0.2) is 46.0 Å². The number of H-pyrrole nitrogens is 1. The van der Waals surface area contributed by atoms with Crippen molar-refractivity contribution in [1.29, 1.82) is 0 Å². The molecule has 0 radical (unpaired) electrons. The minimum atomic E-state index is -0.484. The minimum Gasteiger partial charge on any atom is -0.354 e. The van der Waals surface area contributed by atoms with Crippen LogP contribution in [0.1, 0.15) is 33.1 Å². The number of nitrogens with one attached hydrogen (secondary N) is 2. The Bertz CT molecular complexity index is 909. The highest BCUT2D eigenvalue weighted by molar-refractivity contribution is 5.78. The third-order valence-electron chi connectivity index (χ3n) is 5.50. The molecule has 7 nitrogen and oxygen atoms in total. The fourth-order valence-corrected chi connectivity index (χ4v) is 3.63. The standard InChI is InChI=1S/C20H28N4O3/c1-14-7-10-23(11-8-14)15(2)13-21-18(25)9-12-24-17-6-4-3-5-16(17)19(26)22-20(24)27/h3-6,14-15H,7-13H2,1-2H3,(H,21,25)(H,22,26,27)/t15-/m0/s1. The summed E-state index contributed by atoms with van der Waals surface area (Å²) in [7, 11) is 0. The predicted molar refractivity (Wildman–Crippen MR) is 106 cm³/mol. The van der Waals surface area contributed by atoms with Crippen molar-refractivity contribution < 1.29 is 4.79 Å². The second-order valence-electron chi connectivity index (χ2n) is 7.55.